The van der Waals surface area contributed by atoms with Gasteiger partial charge in [0.25, 0.3) is 0 Å². The van der Waals surface area contributed by atoms with Gasteiger partial charge in [0.05, 0.1) is 0 Å². The van der Waals surface area contributed by atoms with Crippen LogP contribution in [0, 0.1) is 0 Å². The smallest absolute Gasteiger partial charge is 0.217 e. The monoisotopic (exact) mass is 142 g/mol. The van der Waals surface area contributed by atoms with E-state index in [1.807, 2.05) is 0 Å². The van der Waals surface area contributed by atoms with Crippen molar-refractivity contribution in [1.82, 2.24) is 0 Å². The lowest BCUT2D eigenvalue weighted by atomic mass is 10.1. The molecule has 10 heavy (non-hydrogen) atoms. The lowest BCUT2D eigenvalue weighted by Crippen LogP contribution is -2.09. The lowest BCUT2D eigenvalue weighted by molar-refractivity contribution is -0.118. The van der Waals surface area contributed by atoms with Crippen LogP contribution in [0.1, 0.15) is 32.1 Å². The summed E-state index contributed by atoms with van der Waals surface area (Å²) in [5.74, 6) is -0.268. The molecule has 0 bridgehead atoms. The van der Waals surface area contributed by atoms with E-state index in [4.69, 9.17) is 5.73 Å². The zero-order chi connectivity index (χ0) is 7.82. The third kappa shape index (κ3) is 7.14. The minimum Gasteiger partial charge on any atom is -0.370 e. The summed E-state index contributed by atoms with van der Waals surface area (Å²) in [7, 11) is 0. The molecule has 0 rings (SSSR count). The van der Waals surface area contributed by atoms with Crippen LogP contribution in [-0.2, 0) is 9.59 Å². The first-order valence-electron chi connectivity index (χ1n) is 3.40. The molecular weight excluding hydrogens is 130 g/mol. The Bertz CT molecular complexity index is 112. The van der Waals surface area contributed by atoms with E-state index >= 15 is 0 Å². The quantitative estimate of drug-likeness (QED) is 0.550. The molecular formula is C7H12NO2. The van der Waals surface area contributed by atoms with E-state index in [1.54, 1.807) is 6.29 Å². The highest BCUT2D eigenvalue weighted by atomic mass is 16.1. The molecule has 0 heterocycles. The highest BCUT2D eigenvalue weighted by Gasteiger charge is 1.93. The Morgan fingerprint density at radius 1 is 1.30 bits per heavy atom. The Hall–Kier alpha value is -0.860. The van der Waals surface area contributed by atoms with E-state index in [9.17, 15) is 9.59 Å². The molecule has 0 atom stereocenters. The van der Waals surface area contributed by atoms with Crippen LogP contribution in [-0.4, -0.2) is 12.2 Å². The van der Waals surface area contributed by atoms with Crippen molar-refractivity contribution in [2.75, 3.05) is 0 Å². The predicted octanol–water partition coefficient (Wildman–Crippen LogP) is 0.532. The van der Waals surface area contributed by atoms with Crippen LogP contribution in [0.2, 0.25) is 0 Å². The molecule has 0 unspecified atom stereocenters. The van der Waals surface area contributed by atoms with Gasteiger partial charge in [-0.1, -0.05) is 6.42 Å². The second-order valence-electron chi connectivity index (χ2n) is 2.17. The van der Waals surface area contributed by atoms with Gasteiger partial charge in [-0.25, -0.2) is 0 Å². The maximum atomic E-state index is 10.2. The molecule has 0 aliphatic carbocycles. The number of rotatable bonds is 6. The number of nitrogens with two attached hydrogens (primary N) is 1. The highest BCUT2D eigenvalue weighted by molar-refractivity contribution is 5.73. The summed E-state index contributed by atoms with van der Waals surface area (Å²) in [6.07, 6.45) is 5.18. The van der Waals surface area contributed by atoms with Crippen LogP contribution in [0.5, 0.6) is 0 Å². The number of carbonyl (C=O) groups excluding carboxylic acids is 2. The van der Waals surface area contributed by atoms with Crippen molar-refractivity contribution in [3.63, 3.8) is 0 Å². The molecule has 1 radical (unpaired) electrons. The van der Waals surface area contributed by atoms with E-state index in [2.05, 4.69) is 0 Å². The van der Waals surface area contributed by atoms with Crippen LogP contribution in [0.25, 0.3) is 0 Å². The average Bonchev–Trinajstić information content (AvgIpc) is 1.87. The second-order valence-corrected chi connectivity index (χ2v) is 2.17. The Morgan fingerprint density at radius 3 is 2.50 bits per heavy atom. The van der Waals surface area contributed by atoms with Crippen LogP contribution < -0.4 is 5.73 Å². The van der Waals surface area contributed by atoms with Crippen molar-refractivity contribution in [2.24, 2.45) is 5.73 Å². The zero-order valence-electron chi connectivity index (χ0n) is 5.93. The molecule has 0 spiro atoms. The minimum absolute atomic E-state index is 0.268. The molecule has 57 valence electrons. The van der Waals surface area contributed by atoms with Crippen LogP contribution >= 0.6 is 0 Å². The van der Waals surface area contributed by atoms with Crippen molar-refractivity contribution < 1.29 is 9.59 Å². The van der Waals surface area contributed by atoms with Crippen molar-refractivity contribution >= 4 is 12.2 Å². The zero-order valence-corrected chi connectivity index (χ0v) is 5.93. The van der Waals surface area contributed by atoms with E-state index in [0.717, 1.165) is 19.3 Å². The van der Waals surface area contributed by atoms with E-state index in [1.165, 1.54) is 0 Å². The molecule has 0 aliphatic rings. The van der Waals surface area contributed by atoms with Crippen LogP contribution in [0.4, 0.5) is 0 Å². The Kier molecular flexibility index (Phi) is 5.72. The molecule has 3 heteroatoms. The van der Waals surface area contributed by atoms with Crippen molar-refractivity contribution in [3.8, 4) is 0 Å². The van der Waals surface area contributed by atoms with Gasteiger partial charge in [0, 0.05) is 12.8 Å². The van der Waals surface area contributed by atoms with E-state index in [0.29, 0.717) is 12.8 Å². The van der Waals surface area contributed by atoms with Gasteiger partial charge in [-0.05, 0) is 12.8 Å². The molecule has 0 saturated heterocycles. The predicted molar refractivity (Wildman–Crippen MR) is 38.0 cm³/mol. The average molecular weight is 142 g/mol. The fourth-order valence-corrected chi connectivity index (χ4v) is 0.673. The van der Waals surface area contributed by atoms with Crippen LogP contribution in [0.3, 0.4) is 0 Å². The van der Waals surface area contributed by atoms with E-state index < -0.39 is 0 Å². The summed E-state index contributed by atoms with van der Waals surface area (Å²) in [6, 6.07) is 0. The van der Waals surface area contributed by atoms with Crippen molar-refractivity contribution in [1.29, 1.82) is 0 Å². The molecule has 1 amide bonds. The maximum absolute atomic E-state index is 10.2. The molecule has 2 N–H and O–H groups in total. The fourth-order valence-electron chi connectivity index (χ4n) is 0.673. The third-order valence-electron chi connectivity index (χ3n) is 1.20. The summed E-state index contributed by atoms with van der Waals surface area (Å²) in [6.45, 7) is 0. The molecule has 0 saturated carbocycles. The number of hydrogen-bond donors (Lipinski definition) is 1. The third-order valence-corrected chi connectivity index (χ3v) is 1.20. The number of carbonyl (C=O) groups is 1. The number of primary amides is 1. The molecule has 0 aromatic rings. The van der Waals surface area contributed by atoms with Crippen LogP contribution in [0.15, 0.2) is 0 Å². The largest absolute Gasteiger partial charge is 0.370 e. The first-order valence-corrected chi connectivity index (χ1v) is 3.40. The molecule has 0 aromatic heterocycles. The Labute approximate surface area is 60.6 Å². The van der Waals surface area contributed by atoms with Gasteiger partial charge in [-0.3, -0.25) is 9.59 Å². The number of hydrogen-bond acceptors (Lipinski definition) is 2. The second kappa shape index (κ2) is 6.26. The summed E-state index contributed by atoms with van der Waals surface area (Å²) >= 11 is 0. The Balaban J connectivity index is 2.90. The van der Waals surface area contributed by atoms with Crippen molar-refractivity contribution in [2.45, 2.75) is 32.1 Å². The number of unbranched alkanes of at least 4 members (excludes halogenated alkanes) is 3. The van der Waals surface area contributed by atoms with Gasteiger partial charge in [0.15, 0.2) is 6.29 Å². The SMILES string of the molecule is NC(=O)CCCCC[C]=O. The molecule has 0 aromatic carbocycles. The molecule has 0 fully saturated rings. The summed E-state index contributed by atoms with van der Waals surface area (Å²) in [5, 5.41) is 0. The Morgan fingerprint density at radius 2 is 2.00 bits per heavy atom. The minimum atomic E-state index is -0.268. The summed E-state index contributed by atoms with van der Waals surface area (Å²) < 4.78 is 0. The number of amides is 1. The topological polar surface area (TPSA) is 60.2 Å². The maximum Gasteiger partial charge on any atom is 0.217 e. The first kappa shape index (κ1) is 9.14. The summed E-state index contributed by atoms with van der Waals surface area (Å²) in [5.41, 5.74) is 4.89. The molecule has 3 nitrogen and oxygen atoms in total. The van der Waals surface area contributed by atoms with Gasteiger partial charge < -0.3 is 5.73 Å². The van der Waals surface area contributed by atoms with Gasteiger partial charge in [0.2, 0.25) is 5.91 Å². The van der Waals surface area contributed by atoms with Gasteiger partial charge in [0.1, 0.15) is 0 Å². The normalized spacial score (nSPS) is 9.20. The van der Waals surface area contributed by atoms with Crippen molar-refractivity contribution in [3.05, 3.63) is 0 Å². The van der Waals surface area contributed by atoms with E-state index in [-0.39, 0.29) is 5.91 Å². The fraction of sp³-hybridized carbons (Fsp3) is 0.714. The summed E-state index contributed by atoms with van der Waals surface area (Å²) in [4.78, 5) is 19.9. The lowest BCUT2D eigenvalue weighted by Gasteiger charge is -1.93. The first-order chi connectivity index (χ1) is 4.77. The molecule has 0 aliphatic heterocycles. The van der Waals surface area contributed by atoms with Gasteiger partial charge >= 0.3 is 0 Å². The van der Waals surface area contributed by atoms with Gasteiger partial charge in [-0.15, -0.1) is 0 Å². The highest BCUT2D eigenvalue weighted by Crippen LogP contribution is 2.00. The van der Waals surface area contributed by atoms with Gasteiger partial charge in [-0.2, -0.15) is 0 Å². The standard InChI is InChI=1S/C7H12NO2/c8-7(10)5-3-1-2-4-6-9/h1-5H2,(H2,8,10).